The molecule has 0 saturated heterocycles. The zero-order chi connectivity index (χ0) is 15.0. The monoisotopic (exact) mass is 278 g/mol. The van der Waals surface area contributed by atoms with E-state index in [1.807, 2.05) is 45.0 Å². The minimum absolute atomic E-state index is 0.0200. The summed E-state index contributed by atoms with van der Waals surface area (Å²) in [7, 11) is 0. The Labute approximate surface area is 121 Å². The lowest BCUT2D eigenvalue weighted by atomic mass is 10.1. The third-order valence-corrected chi connectivity index (χ3v) is 3.16. The van der Waals surface area contributed by atoms with Crippen LogP contribution in [-0.4, -0.2) is 25.1 Å². The van der Waals surface area contributed by atoms with E-state index in [9.17, 15) is 4.79 Å². The Morgan fingerprint density at radius 3 is 2.70 bits per heavy atom. The summed E-state index contributed by atoms with van der Waals surface area (Å²) >= 11 is 0. The van der Waals surface area contributed by atoms with Crippen molar-refractivity contribution in [3.63, 3.8) is 0 Å². The Morgan fingerprint density at radius 1 is 1.30 bits per heavy atom. The highest BCUT2D eigenvalue weighted by Crippen LogP contribution is 2.19. The molecule has 0 spiro atoms. The molecule has 1 aromatic rings. The second kappa shape index (κ2) is 8.59. The summed E-state index contributed by atoms with van der Waals surface area (Å²) in [5, 5.41) is 6.10. The standard InChI is InChI=1S/C16H26N2O2/c1-5-13(4)20-15-9-7-8-14(10-15)18-16(19)12(3)11-17-6-2/h7-10,12-13,17H,5-6,11H2,1-4H3,(H,18,19). The fourth-order valence-corrected chi connectivity index (χ4v) is 1.68. The molecule has 0 aromatic heterocycles. The maximum absolute atomic E-state index is 12.0. The normalized spacial score (nSPS) is 13.6. The molecule has 2 unspecified atom stereocenters. The number of hydrogen-bond donors (Lipinski definition) is 2. The smallest absolute Gasteiger partial charge is 0.228 e. The summed E-state index contributed by atoms with van der Waals surface area (Å²) in [6.07, 6.45) is 1.13. The van der Waals surface area contributed by atoms with Crippen molar-refractivity contribution in [3.05, 3.63) is 24.3 Å². The Bertz CT molecular complexity index is 421. The summed E-state index contributed by atoms with van der Waals surface area (Å²) < 4.78 is 5.75. The van der Waals surface area contributed by atoms with Gasteiger partial charge in [0.25, 0.3) is 0 Å². The number of amides is 1. The van der Waals surface area contributed by atoms with Gasteiger partial charge in [-0.2, -0.15) is 0 Å². The molecule has 2 N–H and O–H groups in total. The van der Waals surface area contributed by atoms with Gasteiger partial charge in [-0.3, -0.25) is 4.79 Å². The van der Waals surface area contributed by atoms with Gasteiger partial charge < -0.3 is 15.4 Å². The molecule has 2 atom stereocenters. The molecule has 4 heteroatoms. The van der Waals surface area contributed by atoms with Crippen LogP contribution < -0.4 is 15.4 Å². The third-order valence-electron chi connectivity index (χ3n) is 3.16. The van der Waals surface area contributed by atoms with Crippen molar-refractivity contribution in [2.75, 3.05) is 18.4 Å². The van der Waals surface area contributed by atoms with Crippen LogP contribution in [-0.2, 0) is 4.79 Å². The predicted molar refractivity (Wildman–Crippen MR) is 83.2 cm³/mol. The van der Waals surface area contributed by atoms with Gasteiger partial charge in [0.2, 0.25) is 5.91 Å². The highest BCUT2D eigenvalue weighted by Gasteiger charge is 2.12. The van der Waals surface area contributed by atoms with E-state index in [2.05, 4.69) is 17.6 Å². The van der Waals surface area contributed by atoms with Crippen LogP contribution in [0.15, 0.2) is 24.3 Å². The van der Waals surface area contributed by atoms with E-state index in [0.29, 0.717) is 6.54 Å². The number of benzene rings is 1. The van der Waals surface area contributed by atoms with E-state index in [1.165, 1.54) is 0 Å². The molecule has 112 valence electrons. The first kappa shape index (κ1) is 16.5. The van der Waals surface area contributed by atoms with E-state index >= 15 is 0 Å². The number of ether oxygens (including phenoxy) is 1. The molecule has 0 saturated carbocycles. The van der Waals surface area contributed by atoms with Gasteiger partial charge in [-0.25, -0.2) is 0 Å². The molecule has 0 aliphatic carbocycles. The zero-order valence-electron chi connectivity index (χ0n) is 12.9. The molecular weight excluding hydrogens is 252 g/mol. The number of carbonyl (C=O) groups excluding carboxylic acids is 1. The topological polar surface area (TPSA) is 50.4 Å². The molecule has 0 bridgehead atoms. The van der Waals surface area contributed by atoms with Crippen molar-refractivity contribution in [2.24, 2.45) is 5.92 Å². The van der Waals surface area contributed by atoms with Crippen molar-refractivity contribution < 1.29 is 9.53 Å². The largest absolute Gasteiger partial charge is 0.491 e. The quantitative estimate of drug-likeness (QED) is 0.768. The number of anilines is 1. The molecule has 1 amide bonds. The fraction of sp³-hybridized carbons (Fsp3) is 0.562. The fourth-order valence-electron chi connectivity index (χ4n) is 1.68. The number of rotatable bonds is 8. The van der Waals surface area contributed by atoms with Gasteiger partial charge in [0, 0.05) is 24.2 Å². The van der Waals surface area contributed by atoms with E-state index in [4.69, 9.17) is 4.74 Å². The molecule has 4 nitrogen and oxygen atoms in total. The molecular formula is C16H26N2O2. The van der Waals surface area contributed by atoms with E-state index in [0.717, 1.165) is 24.4 Å². The first-order valence-electron chi connectivity index (χ1n) is 7.35. The minimum Gasteiger partial charge on any atom is -0.491 e. The summed E-state index contributed by atoms with van der Waals surface area (Å²) in [5.74, 6) is 0.747. The van der Waals surface area contributed by atoms with Crippen molar-refractivity contribution in [2.45, 2.75) is 40.2 Å². The van der Waals surface area contributed by atoms with Crippen LogP contribution in [0.25, 0.3) is 0 Å². The van der Waals surface area contributed by atoms with Crippen LogP contribution in [0.2, 0.25) is 0 Å². The number of nitrogens with one attached hydrogen (secondary N) is 2. The molecule has 1 aromatic carbocycles. The van der Waals surface area contributed by atoms with Crippen molar-refractivity contribution >= 4 is 11.6 Å². The molecule has 0 fully saturated rings. The lowest BCUT2D eigenvalue weighted by Crippen LogP contribution is -2.30. The first-order valence-corrected chi connectivity index (χ1v) is 7.35. The Morgan fingerprint density at radius 2 is 2.05 bits per heavy atom. The second-order valence-electron chi connectivity index (χ2n) is 5.06. The van der Waals surface area contributed by atoms with Gasteiger partial charge in [0.15, 0.2) is 0 Å². The zero-order valence-corrected chi connectivity index (χ0v) is 12.9. The Balaban J connectivity index is 2.59. The molecule has 1 rings (SSSR count). The average Bonchev–Trinajstić information content (AvgIpc) is 2.44. The summed E-state index contributed by atoms with van der Waals surface area (Å²) in [6, 6.07) is 7.54. The van der Waals surface area contributed by atoms with Crippen LogP contribution in [0, 0.1) is 5.92 Å². The van der Waals surface area contributed by atoms with Gasteiger partial charge in [-0.1, -0.05) is 26.8 Å². The maximum atomic E-state index is 12.0. The summed E-state index contributed by atoms with van der Waals surface area (Å²) in [6.45, 7) is 9.61. The molecule has 0 radical (unpaired) electrons. The van der Waals surface area contributed by atoms with Crippen molar-refractivity contribution in [3.8, 4) is 5.75 Å². The van der Waals surface area contributed by atoms with Crippen LogP contribution in [0.3, 0.4) is 0 Å². The SMILES string of the molecule is CCNCC(C)C(=O)Nc1cccc(OC(C)CC)c1. The molecule has 20 heavy (non-hydrogen) atoms. The van der Waals surface area contributed by atoms with Gasteiger partial charge >= 0.3 is 0 Å². The van der Waals surface area contributed by atoms with E-state index < -0.39 is 0 Å². The summed E-state index contributed by atoms with van der Waals surface area (Å²) in [4.78, 5) is 12.0. The number of hydrogen-bond acceptors (Lipinski definition) is 3. The van der Waals surface area contributed by atoms with Crippen molar-refractivity contribution in [1.82, 2.24) is 5.32 Å². The van der Waals surface area contributed by atoms with E-state index in [1.54, 1.807) is 0 Å². The molecule has 0 aliphatic rings. The van der Waals surface area contributed by atoms with Crippen molar-refractivity contribution in [1.29, 1.82) is 0 Å². The van der Waals surface area contributed by atoms with Gasteiger partial charge in [0.05, 0.1) is 6.10 Å². The predicted octanol–water partition coefficient (Wildman–Crippen LogP) is 3.05. The third kappa shape index (κ3) is 5.61. The minimum atomic E-state index is -0.0610. The first-order chi connectivity index (χ1) is 9.56. The Hall–Kier alpha value is -1.55. The van der Waals surface area contributed by atoms with Gasteiger partial charge in [-0.15, -0.1) is 0 Å². The highest BCUT2D eigenvalue weighted by atomic mass is 16.5. The maximum Gasteiger partial charge on any atom is 0.228 e. The van der Waals surface area contributed by atoms with Crippen LogP contribution in [0.5, 0.6) is 5.75 Å². The molecule has 0 heterocycles. The van der Waals surface area contributed by atoms with Gasteiger partial charge in [0.1, 0.15) is 5.75 Å². The highest BCUT2D eigenvalue weighted by molar-refractivity contribution is 5.92. The van der Waals surface area contributed by atoms with Crippen LogP contribution in [0.1, 0.15) is 34.1 Å². The number of carbonyl (C=O) groups is 1. The summed E-state index contributed by atoms with van der Waals surface area (Å²) in [5.41, 5.74) is 0.777. The molecule has 0 aliphatic heterocycles. The van der Waals surface area contributed by atoms with Crippen LogP contribution >= 0.6 is 0 Å². The second-order valence-corrected chi connectivity index (χ2v) is 5.06. The lowest BCUT2D eigenvalue weighted by Gasteiger charge is -2.15. The average molecular weight is 278 g/mol. The lowest BCUT2D eigenvalue weighted by molar-refractivity contribution is -0.119. The Kier molecular flexibility index (Phi) is 7.09. The van der Waals surface area contributed by atoms with Gasteiger partial charge in [-0.05, 0) is 32.0 Å². The van der Waals surface area contributed by atoms with E-state index in [-0.39, 0.29) is 17.9 Å². The van der Waals surface area contributed by atoms with Crippen LogP contribution in [0.4, 0.5) is 5.69 Å².